The third-order valence-electron chi connectivity index (χ3n) is 6.46. The van der Waals surface area contributed by atoms with Crippen LogP contribution in [-0.4, -0.2) is 20.0 Å². The number of nitrogens with one attached hydrogen (secondary N) is 2. The van der Waals surface area contributed by atoms with Gasteiger partial charge in [0.2, 0.25) is 0 Å². The molecule has 34 heavy (non-hydrogen) atoms. The summed E-state index contributed by atoms with van der Waals surface area (Å²) in [6.45, 7) is 0. The number of ketones is 1. The molecule has 2 aliphatic rings. The molecule has 3 unspecified atom stereocenters. The van der Waals surface area contributed by atoms with Gasteiger partial charge in [0.25, 0.3) is 0 Å². The van der Waals surface area contributed by atoms with Gasteiger partial charge in [-0.2, -0.15) is 0 Å². The smallest absolute Gasteiger partial charge is 0.161 e. The number of halogens is 2. The number of fused-ring (bicyclic) bond motifs is 2. The van der Waals surface area contributed by atoms with Crippen molar-refractivity contribution in [2.45, 2.75) is 18.4 Å². The van der Waals surface area contributed by atoms with E-state index in [0.29, 0.717) is 22.9 Å². The summed E-state index contributed by atoms with van der Waals surface area (Å²) >= 11 is 0. The van der Waals surface area contributed by atoms with Gasteiger partial charge in [0.1, 0.15) is 17.4 Å². The van der Waals surface area contributed by atoms with Crippen LogP contribution in [0.2, 0.25) is 0 Å². The van der Waals surface area contributed by atoms with E-state index in [4.69, 9.17) is 9.47 Å². The average Bonchev–Trinajstić information content (AvgIpc) is 3.01. The number of anilines is 2. The molecular formula is C27H24F2N2O3. The van der Waals surface area contributed by atoms with Crippen LogP contribution in [-0.2, 0) is 4.79 Å². The number of allylic oxidation sites excluding steroid dienone is 1. The lowest BCUT2D eigenvalue weighted by Crippen LogP contribution is -2.34. The van der Waals surface area contributed by atoms with E-state index in [1.807, 2.05) is 48.5 Å². The van der Waals surface area contributed by atoms with Crippen LogP contribution in [0.1, 0.15) is 29.5 Å². The quantitative estimate of drug-likeness (QED) is 0.512. The Kier molecular flexibility index (Phi) is 5.69. The van der Waals surface area contributed by atoms with Crippen molar-refractivity contribution in [3.05, 3.63) is 95.2 Å². The fourth-order valence-electron chi connectivity index (χ4n) is 4.81. The summed E-state index contributed by atoms with van der Waals surface area (Å²) in [5.41, 5.74) is 3.15. The molecule has 1 aliphatic carbocycles. The second kappa shape index (κ2) is 8.82. The van der Waals surface area contributed by atoms with Gasteiger partial charge >= 0.3 is 0 Å². The van der Waals surface area contributed by atoms with Crippen molar-refractivity contribution < 1.29 is 23.0 Å². The molecular weight excluding hydrogens is 438 g/mol. The third kappa shape index (κ3) is 3.87. The number of methoxy groups -OCH3 is 2. The lowest BCUT2D eigenvalue weighted by Gasteiger charge is -2.32. The molecule has 0 radical (unpaired) electrons. The Morgan fingerprint density at radius 1 is 0.912 bits per heavy atom. The van der Waals surface area contributed by atoms with E-state index in [1.54, 1.807) is 14.2 Å². The predicted octanol–water partition coefficient (Wildman–Crippen LogP) is 5.82. The molecule has 3 aromatic carbocycles. The topological polar surface area (TPSA) is 59.6 Å². The number of hydrogen-bond acceptors (Lipinski definition) is 5. The van der Waals surface area contributed by atoms with Crippen LogP contribution in [0.25, 0.3) is 0 Å². The molecule has 0 aromatic heterocycles. The summed E-state index contributed by atoms with van der Waals surface area (Å²) in [7, 11) is 3.13. The first-order chi connectivity index (χ1) is 16.5. The molecule has 3 aromatic rings. The number of para-hydroxylation sites is 2. The van der Waals surface area contributed by atoms with E-state index in [1.165, 1.54) is 0 Å². The molecule has 3 atom stereocenters. The van der Waals surface area contributed by atoms with Crippen molar-refractivity contribution in [2.24, 2.45) is 5.92 Å². The fraction of sp³-hybridized carbons (Fsp3) is 0.222. The summed E-state index contributed by atoms with van der Waals surface area (Å²) in [4.78, 5) is 13.6. The SMILES string of the molecule is COc1ccc(C2C=C3Nc4ccccc4NC(c4cc(F)ccc4F)C3C(=O)C2)cc1OC. The highest BCUT2D eigenvalue weighted by Crippen LogP contribution is 2.45. The number of carbonyl (C=O) groups excluding carboxylic acids is 1. The summed E-state index contributed by atoms with van der Waals surface area (Å²) in [5.74, 6) is -0.930. The van der Waals surface area contributed by atoms with Gasteiger partial charge in [-0.05, 0) is 48.0 Å². The fourth-order valence-corrected chi connectivity index (χ4v) is 4.81. The first-order valence-corrected chi connectivity index (χ1v) is 11.0. The molecule has 1 aliphatic heterocycles. The third-order valence-corrected chi connectivity index (χ3v) is 6.46. The number of rotatable bonds is 4. The standard InChI is InChI=1S/C27H24F2N2O3/c1-33-24-10-7-15(13-25(24)34-2)16-11-22-26(23(32)12-16)27(18-14-17(28)8-9-19(18)29)31-21-6-4-3-5-20(21)30-22/h3-11,13-14,16,26-27,30-31H,12H2,1-2H3. The zero-order valence-corrected chi connectivity index (χ0v) is 18.8. The van der Waals surface area contributed by atoms with E-state index in [0.717, 1.165) is 29.4 Å². The Labute approximate surface area is 196 Å². The lowest BCUT2D eigenvalue weighted by molar-refractivity contribution is -0.122. The molecule has 7 heteroatoms. The number of Topliss-reactive ketones (excluding diaryl/α,β-unsaturated/α-hetero) is 1. The maximum Gasteiger partial charge on any atom is 0.161 e. The van der Waals surface area contributed by atoms with Gasteiger partial charge in [0, 0.05) is 23.6 Å². The minimum absolute atomic E-state index is 0.0706. The molecule has 0 fully saturated rings. The van der Waals surface area contributed by atoms with E-state index in [-0.39, 0.29) is 23.7 Å². The van der Waals surface area contributed by atoms with E-state index in [9.17, 15) is 13.6 Å². The first kappa shape index (κ1) is 21.9. The molecule has 5 nitrogen and oxygen atoms in total. The highest BCUT2D eigenvalue weighted by molar-refractivity contribution is 5.90. The van der Waals surface area contributed by atoms with Crippen LogP contribution >= 0.6 is 0 Å². The average molecular weight is 462 g/mol. The molecule has 2 N–H and O–H groups in total. The summed E-state index contributed by atoms with van der Waals surface area (Å²) in [6.07, 6.45) is 2.22. The normalized spacial score (nSPS) is 21.2. The van der Waals surface area contributed by atoms with E-state index >= 15 is 0 Å². The molecule has 5 rings (SSSR count). The van der Waals surface area contributed by atoms with Crippen LogP contribution in [0.15, 0.2) is 72.4 Å². The second-order valence-corrected chi connectivity index (χ2v) is 8.45. The highest BCUT2D eigenvalue weighted by atomic mass is 19.1. The van der Waals surface area contributed by atoms with Crippen molar-refractivity contribution >= 4 is 17.2 Å². The van der Waals surface area contributed by atoms with Gasteiger partial charge in [-0.1, -0.05) is 24.3 Å². The first-order valence-electron chi connectivity index (χ1n) is 11.0. The van der Waals surface area contributed by atoms with Crippen LogP contribution < -0.4 is 20.1 Å². The van der Waals surface area contributed by atoms with Crippen molar-refractivity contribution in [2.75, 3.05) is 24.9 Å². The predicted molar refractivity (Wildman–Crippen MR) is 126 cm³/mol. The zero-order valence-electron chi connectivity index (χ0n) is 18.8. The van der Waals surface area contributed by atoms with Crippen molar-refractivity contribution in [3.63, 3.8) is 0 Å². The molecule has 0 bridgehead atoms. The molecule has 174 valence electrons. The summed E-state index contributed by atoms with van der Waals surface area (Å²) in [6, 6.07) is 15.6. The van der Waals surface area contributed by atoms with Crippen LogP contribution in [0.4, 0.5) is 20.2 Å². The Balaban J connectivity index is 1.62. The zero-order chi connectivity index (χ0) is 23.8. The molecule has 0 saturated carbocycles. The van der Waals surface area contributed by atoms with Crippen LogP contribution in [0, 0.1) is 17.6 Å². The number of hydrogen-bond donors (Lipinski definition) is 2. The molecule has 0 spiro atoms. The van der Waals surface area contributed by atoms with Crippen LogP contribution in [0.3, 0.4) is 0 Å². The lowest BCUT2D eigenvalue weighted by atomic mass is 9.76. The number of benzene rings is 3. The van der Waals surface area contributed by atoms with Gasteiger partial charge < -0.3 is 20.1 Å². The second-order valence-electron chi connectivity index (χ2n) is 8.45. The summed E-state index contributed by atoms with van der Waals surface area (Å²) in [5, 5.41) is 6.68. The number of ether oxygens (including phenoxy) is 2. The minimum atomic E-state index is -0.767. The largest absolute Gasteiger partial charge is 0.493 e. The Hall–Kier alpha value is -3.87. The molecule has 0 saturated heterocycles. The minimum Gasteiger partial charge on any atom is -0.493 e. The van der Waals surface area contributed by atoms with Gasteiger partial charge in [0.15, 0.2) is 11.5 Å². The van der Waals surface area contributed by atoms with Crippen molar-refractivity contribution in [1.82, 2.24) is 0 Å². The van der Waals surface area contributed by atoms with E-state index < -0.39 is 23.6 Å². The maximum absolute atomic E-state index is 14.9. The Morgan fingerprint density at radius 3 is 2.44 bits per heavy atom. The maximum atomic E-state index is 14.9. The Morgan fingerprint density at radius 2 is 1.68 bits per heavy atom. The Bertz CT molecular complexity index is 1290. The van der Waals surface area contributed by atoms with Gasteiger partial charge in [-0.25, -0.2) is 8.78 Å². The van der Waals surface area contributed by atoms with Gasteiger partial charge in [0.05, 0.1) is 37.6 Å². The summed E-state index contributed by atoms with van der Waals surface area (Å²) < 4.78 is 39.7. The van der Waals surface area contributed by atoms with E-state index in [2.05, 4.69) is 10.6 Å². The highest BCUT2D eigenvalue weighted by Gasteiger charge is 2.41. The number of carbonyl (C=O) groups is 1. The van der Waals surface area contributed by atoms with Gasteiger partial charge in [-0.15, -0.1) is 0 Å². The van der Waals surface area contributed by atoms with Crippen LogP contribution in [0.5, 0.6) is 11.5 Å². The monoisotopic (exact) mass is 462 g/mol. The van der Waals surface area contributed by atoms with Gasteiger partial charge in [-0.3, -0.25) is 4.79 Å². The molecule has 1 heterocycles. The molecule has 0 amide bonds. The van der Waals surface area contributed by atoms with Crippen molar-refractivity contribution in [1.29, 1.82) is 0 Å². The van der Waals surface area contributed by atoms with Crippen molar-refractivity contribution in [3.8, 4) is 11.5 Å².